The van der Waals surface area contributed by atoms with E-state index in [0.717, 1.165) is 51.6 Å². The van der Waals surface area contributed by atoms with Gasteiger partial charge in [0.05, 0.1) is 33.7 Å². The van der Waals surface area contributed by atoms with Crippen LogP contribution in [0.2, 0.25) is 0 Å². The van der Waals surface area contributed by atoms with Crippen LogP contribution in [0.5, 0.6) is 0 Å². The molecule has 7 rings (SSSR count). The summed E-state index contributed by atoms with van der Waals surface area (Å²) in [6.45, 7) is 11.4. The summed E-state index contributed by atoms with van der Waals surface area (Å²) >= 11 is 0. The zero-order valence-electron chi connectivity index (χ0n) is 24.4. The Morgan fingerprint density at radius 2 is 1.77 bits per heavy atom. The lowest BCUT2D eigenvalue weighted by Gasteiger charge is -2.43. The number of carbonyl (C=O) groups is 1. The van der Waals surface area contributed by atoms with Crippen LogP contribution in [0.25, 0.3) is 0 Å². The molecule has 2 saturated carbocycles. The maximum absolute atomic E-state index is 11.5. The predicted molar refractivity (Wildman–Crippen MR) is 155 cm³/mol. The second-order valence-electron chi connectivity index (χ2n) is 14.9. The Morgan fingerprint density at radius 1 is 1.00 bits per heavy atom. The van der Waals surface area contributed by atoms with E-state index in [1.165, 1.54) is 22.6 Å². The van der Waals surface area contributed by atoms with Crippen LogP contribution >= 0.6 is 10.9 Å². The minimum absolute atomic E-state index is 0.0377. The number of allylic oxidation sites excluding steroid dienone is 1. The lowest BCUT2D eigenvalue weighted by molar-refractivity contribution is -0.571. The zero-order chi connectivity index (χ0) is 28.4. The van der Waals surface area contributed by atoms with E-state index in [2.05, 4.69) is 43.2 Å². The molecule has 1 saturated heterocycles. The van der Waals surface area contributed by atoms with Gasteiger partial charge in [-0.2, -0.15) is 0 Å². The molecule has 0 bridgehead atoms. The minimum atomic E-state index is -3.54. The number of nitrogens with zero attached hydrogens (tertiary/aromatic N) is 2. The summed E-state index contributed by atoms with van der Waals surface area (Å²) < 4.78 is 39.9. The van der Waals surface area contributed by atoms with Crippen molar-refractivity contribution in [3.05, 3.63) is 22.9 Å². The highest BCUT2D eigenvalue weighted by Gasteiger charge is 2.62. The largest absolute Gasteiger partial charge is 0.481 e. The van der Waals surface area contributed by atoms with Gasteiger partial charge in [0.25, 0.3) is 0 Å². The van der Waals surface area contributed by atoms with Crippen molar-refractivity contribution in [2.75, 3.05) is 13.1 Å². The molecule has 8 atom stereocenters. The Balaban J connectivity index is 1.28. The van der Waals surface area contributed by atoms with Crippen LogP contribution in [0.15, 0.2) is 22.9 Å². The fourth-order valence-corrected chi connectivity index (χ4v) is 11.4. The first-order chi connectivity index (χ1) is 18.8. The Kier molecular flexibility index (Phi) is 6.21. The molecule has 7 aliphatic rings. The van der Waals surface area contributed by atoms with Gasteiger partial charge in [-0.25, -0.2) is 4.58 Å². The molecule has 9 heteroatoms. The molecular formula is C31H47N2O6S+. The van der Waals surface area contributed by atoms with E-state index in [9.17, 15) is 23.6 Å². The van der Waals surface area contributed by atoms with E-state index in [1.807, 2.05) is 0 Å². The van der Waals surface area contributed by atoms with Gasteiger partial charge in [-0.1, -0.05) is 13.8 Å². The second-order valence-corrected chi connectivity index (χ2v) is 16.7. The highest BCUT2D eigenvalue weighted by molar-refractivity contribution is 8.19. The summed E-state index contributed by atoms with van der Waals surface area (Å²) in [5.74, 6) is 0.302. The molecule has 4 N–H and O–H groups in total. The molecule has 8 nitrogen and oxygen atoms in total. The van der Waals surface area contributed by atoms with Crippen LogP contribution in [-0.4, -0.2) is 82.6 Å². The van der Waals surface area contributed by atoms with E-state index >= 15 is 0 Å². The molecule has 0 aromatic carbocycles. The number of carboxylic acids is 1. The lowest BCUT2D eigenvalue weighted by Crippen LogP contribution is -2.47. The van der Waals surface area contributed by atoms with Gasteiger partial charge in [0.15, 0.2) is 11.8 Å². The van der Waals surface area contributed by atoms with Gasteiger partial charge in [0.1, 0.15) is 6.54 Å². The molecule has 40 heavy (non-hydrogen) atoms. The first-order valence-corrected chi connectivity index (χ1v) is 17.1. The van der Waals surface area contributed by atoms with Gasteiger partial charge in [0, 0.05) is 60.0 Å². The smallest absolute Gasteiger partial charge is 0.303 e. The summed E-state index contributed by atoms with van der Waals surface area (Å²) in [7, 11) is -3.54. The summed E-state index contributed by atoms with van der Waals surface area (Å²) in [6, 6.07) is 0.844. The minimum Gasteiger partial charge on any atom is -0.481 e. The number of aliphatic carboxylic acids is 1. The van der Waals surface area contributed by atoms with Crippen molar-refractivity contribution in [1.82, 2.24) is 4.90 Å². The van der Waals surface area contributed by atoms with Gasteiger partial charge in [-0.05, 0) is 70.3 Å². The molecule has 5 heterocycles. The van der Waals surface area contributed by atoms with Crippen LogP contribution in [0.3, 0.4) is 0 Å². The SMILES string of the molecule is CC1(C)C2=C3C=C4C5=[N+](CCC4OC3CCN2C2CCC(CC(=O)O)CC21)C1CCC(S(O)(O)O)CC1C5(C)C. The number of carboxylic acid groups (broad SMARTS) is 1. The van der Waals surface area contributed by atoms with E-state index in [0.29, 0.717) is 30.8 Å². The topological polar surface area (TPSA) is 113 Å². The third-order valence-electron chi connectivity index (χ3n) is 12.2. The van der Waals surface area contributed by atoms with Crippen molar-refractivity contribution < 1.29 is 32.9 Å². The summed E-state index contributed by atoms with van der Waals surface area (Å²) in [4.78, 5) is 14.2. The molecule has 0 spiro atoms. The molecule has 0 aromatic heterocycles. The quantitative estimate of drug-likeness (QED) is 0.324. The molecule has 0 amide bonds. The average Bonchev–Trinajstić information content (AvgIpc) is 3.26. The Morgan fingerprint density at radius 3 is 2.50 bits per heavy atom. The number of ether oxygens (including phenoxy) is 1. The van der Waals surface area contributed by atoms with Gasteiger partial charge < -0.3 is 28.4 Å². The summed E-state index contributed by atoms with van der Waals surface area (Å²) in [6.07, 6.45) is 10.1. The van der Waals surface area contributed by atoms with E-state index in [1.54, 1.807) is 0 Å². The van der Waals surface area contributed by atoms with Crippen LogP contribution in [0.1, 0.15) is 85.5 Å². The Hall–Kier alpha value is -1.39. The Labute approximate surface area is 239 Å². The van der Waals surface area contributed by atoms with Crippen LogP contribution in [-0.2, 0) is 9.53 Å². The van der Waals surface area contributed by atoms with E-state index < -0.39 is 22.1 Å². The number of rotatable bonds is 3. The fraction of sp³-hybridized carbons (Fsp3) is 0.806. The van der Waals surface area contributed by atoms with Crippen LogP contribution in [0.4, 0.5) is 0 Å². The van der Waals surface area contributed by atoms with Crippen LogP contribution < -0.4 is 0 Å². The maximum Gasteiger partial charge on any atom is 0.303 e. The average molecular weight is 576 g/mol. The first kappa shape index (κ1) is 27.4. The number of fused-ring (bicyclic) bond motifs is 8. The van der Waals surface area contributed by atoms with Crippen LogP contribution in [0, 0.1) is 28.6 Å². The van der Waals surface area contributed by atoms with Crippen molar-refractivity contribution in [3.8, 4) is 0 Å². The van der Waals surface area contributed by atoms with Crippen molar-refractivity contribution >= 4 is 22.6 Å². The summed E-state index contributed by atoms with van der Waals surface area (Å²) in [5, 5.41) is 9.02. The van der Waals surface area contributed by atoms with Crippen molar-refractivity contribution in [2.45, 2.75) is 115 Å². The second kappa shape index (κ2) is 9.06. The van der Waals surface area contributed by atoms with E-state index in [4.69, 9.17) is 4.74 Å². The normalized spacial score (nSPS) is 41.8. The predicted octanol–water partition coefficient (Wildman–Crippen LogP) is 5.60. The fourth-order valence-electron chi connectivity index (χ4n) is 10.5. The van der Waals surface area contributed by atoms with Gasteiger partial charge in [-0.3, -0.25) is 4.79 Å². The molecule has 222 valence electrons. The van der Waals surface area contributed by atoms with Crippen molar-refractivity contribution in [3.63, 3.8) is 0 Å². The summed E-state index contributed by atoms with van der Waals surface area (Å²) in [5.41, 5.74) is 5.26. The Bertz CT molecular complexity index is 1210. The van der Waals surface area contributed by atoms with Gasteiger partial charge >= 0.3 is 5.97 Å². The van der Waals surface area contributed by atoms with Crippen molar-refractivity contribution in [1.29, 1.82) is 0 Å². The molecular weight excluding hydrogens is 528 g/mol. The van der Waals surface area contributed by atoms with Gasteiger partial charge in [0.2, 0.25) is 0 Å². The third-order valence-corrected chi connectivity index (χ3v) is 13.5. The zero-order valence-corrected chi connectivity index (χ0v) is 25.2. The highest BCUT2D eigenvalue weighted by Crippen LogP contribution is 2.60. The molecule has 5 aliphatic heterocycles. The van der Waals surface area contributed by atoms with Gasteiger partial charge in [-0.15, -0.1) is 0 Å². The molecule has 2 aliphatic carbocycles. The molecule has 0 aromatic rings. The number of hydrogen-bond acceptors (Lipinski definition) is 6. The molecule has 3 fully saturated rings. The standard InChI is InChI=1S/C31H46N2O6S/c1-30(2)21-13-17(14-27(34)35)5-7-23(21)32-11-9-25-19(28(30)32)16-20-26(39-25)10-12-33-24-8-6-18(40(36,37)38)15-22(24)31(3,4)29(20)33/h16-18,21-26H,5-15H2,1-4H3,(H3-,34,35,36,37,38)/p+1. The van der Waals surface area contributed by atoms with E-state index in [-0.39, 0.29) is 41.3 Å². The maximum atomic E-state index is 11.5. The first-order valence-electron chi connectivity index (χ1n) is 15.5. The number of hydrogen-bond donors (Lipinski definition) is 4. The molecule has 8 unspecified atom stereocenters. The lowest BCUT2D eigenvalue weighted by atomic mass is 9.66. The monoisotopic (exact) mass is 575 g/mol. The van der Waals surface area contributed by atoms with Crippen molar-refractivity contribution in [2.24, 2.45) is 28.6 Å². The molecule has 0 radical (unpaired) electrons. The third kappa shape index (κ3) is 3.94. The highest BCUT2D eigenvalue weighted by atomic mass is 32.3.